The summed E-state index contributed by atoms with van der Waals surface area (Å²) < 4.78 is 76.0. The van der Waals surface area contributed by atoms with Crippen LogP contribution in [0.25, 0.3) is 0 Å². The fourth-order valence-electron chi connectivity index (χ4n) is 4.34. The number of amides is 1. The van der Waals surface area contributed by atoms with Gasteiger partial charge in [-0.15, -0.1) is 0 Å². The van der Waals surface area contributed by atoms with E-state index in [1.54, 1.807) is 50.2 Å². The molecule has 3 aromatic rings. The Balaban J connectivity index is 1.41. The predicted molar refractivity (Wildman–Crippen MR) is 154 cm³/mol. The van der Waals surface area contributed by atoms with Gasteiger partial charge in [0, 0.05) is 12.1 Å². The van der Waals surface area contributed by atoms with Gasteiger partial charge in [-0.2, -0.15) is 26.9 Å². The van der Waals surface area contributed by atoms with E-state index < -0.39 is 38.9 Å². The van der Waals surface area contributed by atoms with E-state index in [4.69, 9.17) is 26.4 Å². The lowest BCUT2D eigenvalue weighted by molar-refractivity contribution is -0.137. The number of nitriles is 1. The van der Waals surface area contributed by atoms with E-state index in [2.05, 4.69) is 0 Å². The lowest BCUT2D eigenvalue weighted by Crippen LogP contribution is -2.44. The highest BCUT2D eigenvalue weighted by molar-refractivity contribution is 7.86. The molecule has 42 heavy (non-hydrogen) atoms. The van der Waals surface area contributed by atoms with Crippen LogP contribution in [0.2, 0.25) is 0 Å². The van der Waals surface area contributed by atoms with Crippen molar-refractivity contribution in [3.8, 4) is 11.8 Å². The first kappa shape index (κ1) is 31.0. The van der Waals surface area contributed by atoms with Crippen LogP contribution < -0.4 is 14.5 Å². The number of ether oxygens (including phenoxy) is 1. The Hall–Kier alpha value is -3.99. The molecule has 0 atom stereocenters. The Kier molecular flexibility index (Phi) is 8.63. The quantitative estimate of drug-likeness (QED) is 0.164. The summed E-state index contributed by atoms with van der Waals surface area (Å²) in [4.78, 5) is 16.0. The molecule has 0 aliphatic carbocycles. The molecule has 1 aliphatic rings. The maximum Gasteiger partial charge on any atom is 0.417 e. The fraction of sp³-hybridized carbons (Fsp3) is 0.276. The second-order valence-corrected chi connectivity index (χ2v) is 11.9. The van der Waals surface area contributed by atoms with Crippen LogP contribution in [-0.2, 0) is 25.3 Å². The van der Waals surface area contributed by atoms with Crippen molar-refractivity contribution in [1.29, 1.82) is 5.26 Å². The molecule has 4 rings (SSSR count). The summed E-state index contributed by atoms with van der Waals surface area (Å²) in [5.74, 6) is -0.0700. The monoisotopic (exact) mass is 617 g/mol. The zero-order valence-electron chi connectivity index (χ0n) is 22.8. The van der Waals surface area contributed by atoms with Crippen LogP contribution in [0.15, 0.2) is 71.6 Å². The van der Waals surface area contributed by atoms with Gasteiger partial charge in [0.25, 0.3) is 16.0 Å². The molecule has 0 radical (unpaired) electrons. The van der Waals surface area contributed by atoms with E-state index in [0.717, 1.165) is 22.6 Å². The molecule has 13 heteroatoms. The molecule has 3 aromatic carbocycles. The van der Waals surface area contributed by atoms with Crippen LogP contribution in [0.4, 0.5) is 24.5 Å². The molecule has 1 aliphatic heterocycles. The van der Waals surface area contributed by atoms with Crippen molar-refractivity contribution in [3.63, 3.8) is 0 Å². The number of hydrogen-bond acceptors (Lipinski definition) is 7. The molecule has 1 fully saturated rings. The standard InChI is InChI=1S/C29H26F3N3O5S2/c1-19-5-13-24(14-6-19)42(37,38)40-16-4-15-39-23-11-9-21(10-12-23)35-27(41)34(26(36)28(35,2)3)22-8-7-20(18-33)25(17-22)29(30,31)32/h5-14,17H,4,15-16H2,1-3H3. The van der Waals surface area contributed by atoms with Crippen LogP contribution in [0, 0.1) is 18.3 Å². The molecule has 8 nitrogen and oxygen atoms in total. The van der Waals surface area contributed by atoms with Gasteiger partial charge in [-0.3, -0.25) is 13.9 Å². The highest BCUT2D eigenvalue weighted by Gasteiger charge is 2.50. The fourth-order valence-corrected chi connectivity index (χ4v) is 5.81. The second kappa shape index (κ2) is 11.7. The zero-order valence-corrected chi connectivity index (χ0v) is 24.4. The Morgan fingerprint density at radius 1 is 0.976 bits per heavy atom. The van der Waals surface area contributed by atoms with Crippen molar-refractivity contribution >= 4 is 44.7 Å². The minimum atomic E-state index is -4.79. The third kappa shape index (κ3) is 6.25. The highest BCUT2D eigenvalue weighted by atomic mass is 32.2. The van der Waals surface area contributed by atoms with E-state index in [-0.39, 0.29) is 28.9 Å². The smallest absolute Gasteiger partial charge is 0.417 e. The maximum atomic E-state index is 13.6. The number of aryl methyl sites for hydroxylation is 1. The van der Waals surface area contributed by atoms with E-state index in [1.807, 2.05) is 6.92 Å². The second-order valence-electron chi connectivity index (χ2n) is 9.94. The van der Waals surface area contributed by atoms with E-state index >= 15 is 0 Å². The topological polar surface area (TPSA) is 99.9 Å². The Bertz CT molecular complexity index is 1650. The van der Waals surface area contributed by atoms with Gasteiger partial charge in [-0.05, 0) is 87.6 Å². The normalized spacial score (nSPS) is 15.2. The Morgan fingerprint density at radius 3 is 2.19 bits per heavy atom. The molecule has 0 unspecified atom stereocenters. The number of anilines is 2. The lowest BCUT2D eigenvalue weighted by Gasteiger charge is -2.29. The molecule has 1 saturated heterocycles. The minimum absolute atomic E-state index is 0.0246. The summed E-state index contributed by atoms with van der Waals surface area (Å²) in [5, 5.41) is 9.07. The zero-order chi connectivity index (χ0) is 30.9. The van der Waals surface area contributed by atoms with Crippen LogP contribution in [0.5, 0.6) is 5.75 Å². The Labute approximate surface area is 247 Å². The minimum Gasteiger partial charge on any atom is -0.494 e. The average Bonchev–Trinajstić information content (AvgIpc) is 3.11. The first-order chi connectivity index (χ1) is 19.7. The summed E-state index contributed by atoms with van der Waals surface area (Å²) in [6.07, 6.45) is -4.50. The maximum absolute atomic E-state index is 13.6. The molecule has 0 aromatic heterocycles. The van der Waals surface area contributed by atoms with E-state index in [1.165, 1.54) is 29.2 Å². The molecule has 1 heterocycles. The number of nitrogens with zero attached hydrogens (tertiary/aromatic N) is 3. The largest absolute Gasteiger partial charge is 0.494 e. The number of benzene rings is 3. The molecule has 0 spiro atoms. The summed E-state index contributed by atoms with van der Waals surface area (Å²) >= 11 is 5.54. The van der Waals surface area contributed by atoms with Crippen molar-refractivity contribution in [3.05, 3.63) is 83.4 Å². The van der Waals surface area contributed by atoms with Gasteiger partial charge in [-0.25, -0.2) is 0 Å². The van der Waals surface area contributed by atoms with Crippen LogP contribution in [-0.4, -0.2) is 38.2 Å². The number of hydrogen-bond donors (Lipinski definition) is 0. The number of rotatable bonds is 9. The Morgan fingerprint density at radius 2 is 1.60 bits per heavy atom. The van der Waals surface area contributed by atoms with Crippen LogP contribution in [0.1, 0.15) is 37.0 Å². The summed E-state index contributed by atoms with van der Waals surface area (Å²) in [6, 6.07) is 17.4. The lowest BCUT2D eigenvalue weighted by atomic mass is 10.0. The van der Waals surface area contributed by atoms with Crippen LogP contribution in [0.3, 0.4) is 0 Å². The highest BCUT2D eigenvalue weighted by Crippen LogP contribution is 2.40. The molecule has 0 N–H and O–H groups in total. The van der Waals surface area contributed by atoms with Crippen molar-refractivity contribution in [2.75, 3.05) is 23.0 Å². The van der Waals surface area contributed by atoms with Crippen molar-refractivity contribution in [1.82, 2.24) is 0 Å². The molecule has 0 saturated carbocycles. The van der Waals surface area contributed by atoms with Crippen molar-refractivity contribution in [2.45, 2.75) is 43.8 Å². The van der Waals surface area contributed by atoms with Crippen molar-refractivity contribution in [2.24, 2.45) is 0 Å². The van der Waals surface area contributed by atoms with E-state index in [0.29, 0.717) is 17.9 Å². The number of carbonyl (C=O) groups is 1. The average molecular weight is 618 g/mol. The predicted octanol–water partition coefficient (Wildman–Crippen LogP) is 5.98. The van der Waals surface area contributed by atoms with Gasteiger partial charge in [0.15, 0.2) is 5.11 Å². The van der Waals surface area contributed by atoms with Gasteiger partial charge in [0.05, 0.1) is 41.0 Å². The molecule has 1 amide bonds. The summed E-state index contributed by atoms with van der Waals surface area (Å²) in [6.45, 7) is 5.15. The number of thiocarbonyl (C=S) groups is 1. The molecule has 220 valence electrons. The van der Waals surface area contributed by atoms with Crippen LogP contribution >= 0.6 is 12.2 Å². The third-order valence-corrected chi connectivity index (χ3v) is 8.25. The SMILES string of the molecule is Cc1ccc(S(=O)(=O)OCCCOc2ccc(N3C(=S)N(c4ccc(C#N)c(C(F)(F)F)c4)C(=O)C3(C)C)cc2)cc1. The van der Waals surface area contributed by atoms with Gasteiger partial charge in [-0.1, -0.05) is 17.7 Å². The first-order valence-corrected chi connectivity index (χ1v) is 14.5. The molecular weight excluding hydrogens is 591 g/mol. The summed E-state index contributed by atoms with van der Waals surface area (Å²) in [7, 11) is -3.87. The van der Waals surface area contributed by atoms with E-state index in [9.17, 15) is 26.4 Å². The number of carbonyl (C=O) groups excluding carboxylic acids is 1. The van der Waals surface area contributed by atoms with Crippen molar-refractivity contribution < 1.29 is 35.3 Å². The third-order valence-electron chi connectivity index (χ3n) is 6.56. The van der Waals surface area contributed by atoms with Gasteiger partial charge < -0.3 is 9.64 Å². The molecule has 0 bridgehead atoms. The first-order valence-electron chi connectivity index (χ1n) is 12.7. The molecular formula is C29H26F3N3O5S2. The number of halogens is 3. The van der Waals surface area contributed by atoms with Gasteiger partial charge >= 0.3 is 6.18 Å². The number of alkyl halides is 3. The van der Waals surface area contributed by atoms with Gasteiger partial charge in [0.1, 0.15) is 11.3 Å². The summed E-state index contributed by atoms with van der Waals surface area (Å²) in [5.41, 5.74) is -1.61. The van der Waals surface area contributed by atoms with Gasteiger partial charge in [0.2, 0.25) is 0 Å².